The molecule has 23 heavy (non-hydrogen) atoms. The third-order valence-electron chi connectivity index (χ3n) is 4.18. The van der Waals surface area contributed by atoms with Crippen LogP contribution < -0.4 is 10.2 Å². The quantitative estimate of drug-likeness (QED) is 0.916. The fourth-order valence-corrected chi connectivity index (χ4v) is 3.72. The van der Waals surface area contributed by atoms with Crippen molar-refractivity contribution in [1.29, 1.82) is 0 Å². The van der Waals surface area contributed by atoms with Gasteiger partial charge in [-0.25, -0.2) is 4.98 Å². The molecule has 1 amide bonds. The van der Waals surface area contributed by atoms with Gasteiger partial charge < -0.3 is 10.2 Å². The van der Waals surface area contributed by atoms with Crippen molar-refractivity contribution in [2.75, 3.05) is 18.0 Å². The van der Waals surface area contributed by atoms with Crippen LogP contribution in [0.3, 0.4) is 0 Å². The van der Waals surface area contributed by atoms with Crippen molar-refractivity contribution < 1.29 is 4.79 Å². The Bertz CT molecular complexity index is 643. The predicted molar refractivity (Wildman–Crippen MR) is 93.0 cm³/mol. The molecule has 122 valence electrons. The highest BCUT2D eigenvalue weighted by Crippen LogP contribution is 2.26. The first-order chi connectivity index (χ1) is 11.3. The molecule has 1 aromatic heterocycles. The molecule has 3 rings (SSSR count). The molecule has 0 spiro atoms. The average Bonchev–Trinajstić information content (AvgIpc) is 3.09. The number of piperidine rings is 1. The van der Waals surface area contributed by atoms with Crippen LogP contribution in [0.15, 0.2) is 30.3 Å². The summed E-state index contributed by atoms with van der Waals surface area (Å²) in [7, 11) is 0. The van der Waals surface area contributed by atoms with Crippen LogP contribution in [0.1, 0.15) is 42.4 Å². The highest BCUT2D eigenvalue weighted by molar-refractivity contribution is 7.09. The van der Waals surface area contributed by atoms with E-state index in [0.29, 0.717) is 18.2 Å². The van der Waals surface area contributed by atoms with Crippen molar-refractivity contribution in [3.8, 4) is 0 Å². The maximum atomic E-state index is 12.2. The van der Waals surface area contributed by atoms with Gasteiger partial charge in [0.2, 0.25) is 5.13 Å². The van der Waals surface area contributed by atoms with Gasteiger partial charge in [0.05, 0.1) is 0 Å². The van der Waals surface area contributed by atoms with E-state index in [1.807, 2.05) is 30.3 Å². The smallest absolute Gasteiger partial charge is 0.251 e. The summed E-state index contributed by atoms with van der Waals surface area (Å²) >= 11 is 1.47. The highest BCUT2D eigenvalue weighted by Gasteiger charge is 2.25. The molecule has 1 fully saturated rings. The molecular weight excluding hydrogens is 308 g/mol. The van der Waals surface area contributed by atoms with Crippen molar-refractivity contribution in [2.45, 2.75) is 38.6 Å². The number of hydrogen-bond donors (Lipinski definition) is 1. The van der Waals surface area contributed by atoms with Crippen LogP contribution in [0, 0.1) is 0 Å². The summed E-state index contributed by atoms with van der Waals surface area (Å²) in [5.74, 6) is 0.894. The van der Waals surface area contributed by atoms with E-state index < -0.39 is 0 Å². The van der Waals surface area contributed by atoms with Crippen LogP contribution in [-0.4, -0.2) is 34.4 Å². The van der Waals surface area contributed by atoms with Crippen molar-refractivity contribution in [3.05, 3.63) is 41.7 Å². The van der Waals surface area contributed by atoms with Crippen molar-refractivity contribution >= 4 is 22.6 Å². The first-order valence-corrected chi connectivity index (χ1v) is 8.97. The van der Waals surface area contributed by atoms with E-state index in [0.717, 1.165) is 30.3 Å². The molecule has 1 unspecified atom stereocenters. The number of carbonyl (C=O) groups is 1. The molecule has 6 heteroatoms. The first kappa shape index (κ1) is 15.9. The van der Waals surface area contributed by atoms with E-state index in [1.54, 1.807) is 0 Å². The maximum absolute atomic E-state index is 12.2. The molecule has 1 saturated heterocycles. The van der Waals surface area contributed by atoms with Crippen LogP contribution in [-0.2, 0) is 6.42 Å². The number of benzene rings is 1. The summed E-state index contributed by atoms with van der Waals surface area (Å²) in [6.45, 7) is 3.71. The van der Waals surface area contributed by atoms with Gasteiger partial charge in [-0.3, -0.25) is 4.79 Å². The number of anilines is 1. The van der Waals surface area contributed by atoms with Crippen LogP contribution >= 0.6 is 11.5 Å². The van der Waals surface area contributed by atoms with Gasteiger partial charge in [-0.05, 0) is 31.4 Å². The molecular formula is C17H22N4OS. The van der Waals surface area contributed by atoms with E-state index >= 15 is 0 Å². The lowest BCUT2D eigenvalue weighted by Gasteiger charge is -2.35. The van der Waals surface area contributed by atoms with Gasteiger partial charge in [0, 0.05) is 42.6 Å². The van der Waals surface area contributed by atoms with Gasteiger partial charge in [-0.2, -0.15) is 4.37 Å². The third kappa shape index (κ3) is 3.88. The molecule has 0 radical (unpaired) electrons. The predicted octanol–water partition coefficient (Wildman–Crippen LogP) is 2.89. The first-order valence-electron chi connectivity index (χ1n) is 8.20. The summed E-state index contributed by atoms with van der Waals surface area (Å²) in [4.78, 5) is 19.1. The lowest BCUT2D eigenvalue weighted by Crippen LogP contribution is -2.46. The molecule has 1 aliphatic heterocycles. The number of amides is 1. The molecule has 2 heterocycles. The van der Waals surface area contributed by atoms with E-state index in [-0.39, 0.29) is 5.91 Å². The summed E-state index contributed by atoms with van der Waals surface area (Å²) in [5, 5.41) is 4.05. The normalized spacial score (nSPS) is 18.0. The van der Waals surface area contributed by atoms with Gasteiger partial charge in [0.15, 0.2) is 0 Å². The molecule has 2 aromatic rings. The zero-order valence-electron chi connectivity index (χ0n) is 13.4. The molecule has 5 nitrogen and oxygen atoms in total. The topological polar surface area (TPSA) is 58.1 Å². The second kappa shape index (κ2) is 7.55. The van der Waals surface area contributed by atoms with Gasteiger partial charge in [0.25, 0.3) is 5.91 Å². The molecule has 1 aromatic carbocycles. The Balaban J connectivity index is 1.64. The van der Waals surface area contributed by atoms with Crippen LogP contribution in [0.5, 0.6) is 0 Å². The molecule has 0 aliphatic carbocycles. The third-order valence-corrected chi connectivity index (χ3v) is 4.97. The van der Waals surface area contributed by atoms with Crippen LogP contribution in [0.25, 0.3) is 0 Å². The minimum absolute atomic E-state index is 0.0114. The Kier molecular flexibility index (Phi) is 5.23. The number of hydrogen-bond acceptors (Lipinski definition) is 5. The van der Waals surface area contributed by atoms with E-state index in [4.69, 9.17) is 0 Å². The van der Waals surface area contributed by atoms with Crippen molar-refractivity contribution in [3.63, 3.8) is 0 Å². The second-order valence-electron chi connectivity index (χ2n) is 5.77. The monoisotopic (exact) mass is 330 g/mol. The van der Waals surface area contributed by atoms with E-state index in [9.17, 15) is 4.79 Å². The SMILES string of the molecule is CCc1nsc(N2CCCCC2CNC(=O)c2ccccc2)n1. The molecule has 1 atom stereocenters. The zero-order valence-corrected chi connectivity index (χ0v) is 14.2. The number of aromatic nitrogens is 2. The van der Waals surface area contributed by atoms with E-state index in [1.165, 1.54) is 24.4 Å². The Morgan fingerprint density at radius 2 is 2.17 bits per heavy atom. The summed E-state index contributed by atoms with van der Waals surface area (Å²) < 4.78 is 4.39. The summed E-state index contributed by atoms with van der Waals surface area (Å²) in [5.41, 5.74) is 0.707. The number of carbonyl (C=O) groups excluding carboxylic acids is 1. The van der Waals surface area contributed by atoms with Crippen LogP contribution in [0.4, 0.5) is 5.13 Å². The number of nitrogens with one attached hydrogen (secondary N) is 1. The van der Waals surface area contributed by atoms with Gasteiger partial charge in [-0.15, -0.1) is 0 Å². The standard InChI is InChI=1S/C17H22N4OS/c1-2-15-19-17(23-20-15)21-11-7-6-10-14(21)12-18-16(22)13-8-4-3-5-9-13/h3-5,8-9,14H,2,6-7,10-12H2,1H3,(H,18,22). The Morgan fingerprint density at radius 1 is 1.35 bits per heavy atom. The Morgan fingerprint density at radius 3 is 2.91 bits per heavy atom. The molecule has 1 aliphatic rings. The number of aryl methyl sites for hydroxylation is 1. The van der Waals surface area contributed by atoms with Crippen molar-refractivity contribution in [2.24, 2.45) is 0 Å². The Hall–Kier alpha value is -1.95. The molecule has 0 bridgehead atoms. The second-order valence-corrected chi connectivity index (χ2v) is 6.50. The zero-order chi connectivity index (χ0) is 16.1. The average molecular weight is 330 g/mol. The number of rotatable bonds is 5. The molecule has 1 N–H and O–H groups in total. The Labute approximate surface area is 140 Å². The molecule has 0 saturated carbocycles. The van der Waals surface area contributed by atoms with Gasteiger partial charge in [-0.1, -0.05) is 25.1 Å². The highest BCUT2D eigenvalue weighted by atomic mass is 32.1. The largest absolute Gasteiger partial charge is 0.350 e. The lowest BCUT2D eigenvalue weighted by molar-refractivity contribution is 0.0949. The lowest BCUT2D eigenvalue weighted by atomic mass is 10.0. The number of nitrogens with zero attached hydrogens (tertiary/aromatic N) is 3. The minimum Gasteiger partial charge on any atom is -0.350 e. The maximum Gasteiger partial charge on any atom is 0.251 e. The van der Waals surface area contributed by atoms with Gasteiger partial charge in [0.1, 0.15) is 5.82 Å². The van der Waals surface area contributed by atoms with Gasteiger partial charge >= 0.3 is 0 Å². The minimum atomic E-state index is -0.0114. The summed E-state index contributed by atoms with van der Waals surface area (Å²) in [6, 6.07) is 9.66. The fraction of sp³-hybridized carbons (Fsp3) is 0.471. The van der Waals surface area contributed by atoms with Crippen LogP contribution in [0.2, 0.25) is 0 Å². The van der Waals surface area contributed by atoms with E-state index in [2.05, 4.69) is 26.5 Å². The summed E-state index contributed by atoms with van der Waals surface area (Å²) in [6.07, 6.45) is 4.31. The van der Waals surface area contributed by atoms with Crippen molar-refractivity contribution in [1.82, 2.24) is 14.7 Å². The fourth-order valence-electron chi connectivity index (χ4n) is 2.87.